The second kappa shape index (κ2) is 7.84. The number of ether oxygens (including phenoxy) is 1. The van der Waals surface area contributed by atoms with E-state index in [4.69, 9.17) is 4.74 Å². The van der Waals surface area contributed by atoms with Crippen LogP contribution in [0.4, 0.5) is 8.78 Å². The summed E-state index contributed by atoms with van der Waals surface area (Å²) in [5.41, 5.74) is 0.523. The molecule has 0 radical (unpaired) electrons. The van der Waals surface area contributed by atoms with Gasteiger partial charge in [-0.3, -0.25) is 14.6 Å². The molecule has 0 N–H and O–H groups in total. The van der Waals surface area contributed by atoms with Crippen LogP contribution in [0.5, 0.6) is 0 Å². The van der Waals surface area contributed by atoms with E-state index in [0.717, 1.165) is 39.0 Å². The summed E-state index contributed by atoms with van der Waals surface area (Å²) in [6, 6.07) is 5.26. The molecule has 0 saturated carbocycles. The fourth-order valence-electron chi connectivity index (χ4n) is 5.56. The molecule has 0 amide bonds. The lowest BCUT2D eigenvalue weighted by atomic mass is 9.75. The van der Waals surface area contributed by atoms with E-state index in [1.807, 2.05) is 0 Å². The fourth-order valence-corrected chi connectivity index (χ4v) is 5.56. The van der Waals surface area contributed by atoms with E-state index >= 15 is 0 Å². The van der Waals surface area contributed by atoms with Crippen LogP contribution >= 0.6 is 0 Å². The number of piperidine rings is 3. The maximum absolute atomic E-state index is 14.6. The molecule has 2 bridgehead atoms. The third-order valence-electron chi connectivity index (χ3n) is 6.78. The molecule has 1 aromatic carbocycles. The summed E-state index contributed by atoms with van der Waals surface area (Å²) in [4.78, 5) is 16.3. The van der Waals surface area contributed by atoms with E-state index in [2.05, 4.69) is 9.80 Å². The van der Waals surface area contributed by atoms with Crippen LogP contribution in [0.15, 0.2) is 18.2 Å². The van der Waals surface area contributed by atoms with Crippen LogP contribution in [0.3, 0.4) is 0 Å². The highest BCUT2D eigenvalue weighted by atomic mass is 19.2. The highest BCUT2D eigenvalue weighted by Gasteiger charge is 2.53. The van der Waals surface area contributed by atoms with Gasteiger partial charge in [0.2, 0.25) is 0 Å². The number of carbonyl (C=O) groups is 1. The molecule has 4 nitrogen and oxygen atoms in total. The van der Waals surface area contributed by atoms with Gasteiger partial charge in [0, 0.05) is 31.0 Å². The van der Waals surface area contributed by atoms with Gasteiger partial charge in [-0.05, 0) is 62.9 Å². The van der Waals surface area contributed by atoms with E-state index in [-0.39, 0.29) is 17.9 Å². The second-order valence-electron chi connectivity index (χ2n) is 8.13. The molecule has 5 rings (SSSR count). The molecule has 27 heavy (non-hydrogen) atoms. The molecule has 3 atom stereocenters. The molecule has 0 spiro atoms. The van der Waals surface area contributed by atoms with Crippen molar-refractivity contribution in [3.63, 3.8) is 0 Å². The molecular weight excluding hydrogens is 350 g/mol. The first-order valence-electron chi connectivity index (χ1n) is 10.1. The molecule has 4 aliphatic rings. The number of fused-ring (bicyclic) bond motifs is 2. The topological polar surface area (TPSA) is 32.8 Å². The van der Waals surface area contributed by atoms with Crippen LogP contribution in [0.1, 0.15) is 43.6 Å². The van der Waals surface area contributed by atoms with Crippen LogP contribution in [0, 0.1) is 17.6 Å². The highest BCUT2D eigenvalue weighted by Crippen LogP contribution is 2.47. The number of unbranched alkanes of at least 4 members (excludes halogenated alkanes) is 1. The standard InChI is InChI=1S/C21H28F2N2O2/c1-27-18(26)7-2-3-10-25-13-16(15-5-4-6-17(22)19(15)23)21-20(25)14-8-11-24(21)12-9-14/h4-6,14,16,20-21H,2-3,7-13H2,1H3/t16-,20+,21+/m1/s1. The van der Waals surface area contributed by atoms with Crippen molar-refractivity contribution < 1.29 is 18.3 Å². The quantitative estimate of drug-likeness (QED) is 0.562. The zero-order valence-electron chi connectivity index (χ0n) is 15.9. The van der Waals surface area contributed by atoms with Gasteiger partial charge in [-0.25, -0.2) is 8.78 Å². The Morgan fingerprint density at radius 2 is 1.96 bits per heavy atom. The molecule has 4 aliphatic heterocycles. The molecule has 0 unspecified atom stereocenters. The van der Waals surface area contributed by atoms with Gasteiger partial charge < -0.3 is 4.74 Å². The number of carbonyl (C=O) groups excluding carboxylic acids is 1. The Morgan fingerprint density at radius 3 is 2.70 bits per heavy atom. The molecule has 0 aliphatic carbocycles. The third kappa shape index (κ3) is 3.49. The van der Waals surface area contributed by atoms with Crippen LogP contribution in [0.25, 0.3) is 0 Å². The number of methoxy groups -OCH3 is 1. The van der Waals surface area contributed by atoms with Crippen LogP contribution < -0.4 is 0 Å². The first-order valence-corrected chi connectivity index (χ1v) is 10.1. The average Bonchev–Trinajstić information content (AvgIpc) is 3.09. The highest BCUT2D eigenvalue weighted by molar-refractivity contribution is 5.68. The Bertz CT molecular complexity index is 691. The van der Waals surface area contributed by atoms with Crippen molar-refractivity contribution in [1.82, 2.24) is 9.80 Å². The van der Waals surface area contributed by atoms with Crippen molar-refractivity contribution in [3.05, 3.63) is 35.4 Å². The summed E-state index contributed by atoms with van der Waals surface area (Å²) >= 11 is 0. The van der Waals surface area contributed by atoms with Crippen molar-refractivity contribution in [2.75, 3.05) is 33.3 Å². The molecular formula is C21H28F2N2O2. The van der Waals surface area contributed by atoms with Gasteiger partial charge in [-0.1, -0.05) is 12.1 Å². The van der Waals surface area contributed by atoms with Gasteiger partial charge >= 0.3 is 5.97 Å². The van der Waals surface area contributed by atoms with Gasteiger partial charge in [0.1, 0.15) is 0 Å². The summed E-state index contributed by atoms with van der Waals surface area (Å²) in [5.74, 6) is -0.957. The fraction of sp³-hybridized carbons (Fsp3) is 0.667. The van der Waals surface area contributed by atoms with Crippen molar-refractivity contribution in [3.8, 4) is 0 Å². The molecule has 6 heteroatoms. The number of benzene rings is 1. The van der Waals surface area contributed by atoms with Crippen molar-refractivity contribution in [1.29, 1.82) is 0 Å². The maximum Gasteiger partial charge on any atom is 0.305 e. The molecule has 1 aromatic rings. The first kappa shape index (κ1) is 18.8. The van der Waals surface area contributed by atoms with E-state index in [0.29, 0.717) is 23.9 Å². The summed E-state index contributed by atoms with van der Waals surface area (Å²) in [6.07, 6.45) is 4.55. The lowest BCUT2D eigenvalue weighted by Gasteiger charge is -2.51. The van der Waals surface area contributed by atoms with Crippen molar-refractivity contribution in [2.45, 2.75) is 50.1 Å². The Hall–Kier alpha value is -1.53. The number of hydrogen-bond donors (Lipinski definition) is 0. The maximum atomic E-state index is 14.6. The van der Waals surface area contributed by atoms with Gasteiger partial charge in [-0.2, -0.15) is 0 Å². The first-order chi connectivity index (χ1) is 13.1. The average molecular weight is 378 g/mol. The lowest BCUT2D eigenvalue weighted by molar-refractivity contribution is -0.140. The predicted octanol–water partition coefficient (Wildman–Crippen LogP) is 3.17. The molecule has 148 valence electrons. The zero-order chi connectivity index (χ0) is 19.0. The number of nitrogens with zero attached hydrogens (tertiary/aromatic N) is 2. The van der Waals surface area contributed by atoms with Crippen LogP contribution in [-0.4, -0.2) is 61.1 Å². The SMILES string of the molecule is COC(=O)CCCCN1C[C@H](c2cccc(F)c2F)[C@H]2[C@@H]1C1CCN2CC1. The number of hydrogen-bond acceptors (Lipinski definition) is 4. The number of esters is 1. The van der Waals surface area contributed by atoms with E-state index in [1.165, 1.54) is 26.0 Å². The number of rotatable bonds is 6. The summed E-state index contributed by atoms with van der Waals surface area (Å²) in [6.45, 7) is 3.79. The van der Waals surface area contributed by atoms with Gasteiger partial charge in [0.25, 0.3) is 0 Å². The normalized spacial score (nSPS) is 32.5. The molecule has 0 aromatic heterocycles. The van der Waals surface area contributed by atoms with Gasteiger partial charge in [0.05, 0.1) is 7.11 Å². The Morgan fingerprint density at radius 1 is 1.19 bits per heavy atom. The lowest BCUT2D eigenvalue weighted by Crippen LogP contribution is -2.60. The van der Waals surface area contributed by atoms with E-state index in [1.54, 1.807) is 12.1 Å². The Balaban J connectivity index is 1.52. The smallest absolute Gasteiger partial charge is 0.305 e. The minimum Gasteiger partial charge on any atom is -0.469 e. The number of likely N-dealkylation sites (tertiary alicyclic amines) is 1. The monoisotopic (exact) mass is 378 g/mol. The van der Waals surface area contributed by atoms with Crippen LogP contribution in [0.2, 0.25) is 0 Å². The van der Waals surface area contributed by atoms with Gasteiger partial charge in [-0.15, -0.1) is 0 Å². The zero-order valence-corrected chi connectivity index (χ0v) is 15.9. The Labute approximate surface area is 159 Å². The summed E-state index contributed by atoms with van der Waals surface area (Å²) < 4.78 is 33.1. The van der Waals surface area contributed by atoms with E-state index < -0.39 is 11.6 Å². The minimum atomic E-state index is -0.753. The molecule has 4 fully saturated rings. The largest absolute Gasteiger partial charge is 0.469 e. The van der Waals surface area contributed by atoms with Crippen molar-refractivity contribution in [2.24, 2.45) is 5.92 Å². The molecule has 4 saturated heterocycles. The number of halogens is 2. The summed E-state index contributed by atoms with van der Waals surface area (Å²) in [5, 5.41) is 0. The second-order valence-corrected chi connectivity index (χ2v) is 8.13. The minimum absolute atomic E-state index is 0.00871. The van der Waals surface area contributed by atoms with Crippen molar-refractivity contribution >= 4 is 5.97 Å². The van der Waals surface area contributed by atoms with Crippen LogP contribution in [-0.2, 0) is 9.53 Å². The van der Waals surface area contributed by atoms with Gasteiger partial charge in [0.15, 0.2) is 11.6 Å². The molecule has 4 heterocycles. The third-order valence-corrected chi connectivity index (χ3v) is 6.78. The summed E-state index contributed by atoms with van der Waals surface area (Å²) in [7, 11) is 1.42. The Kier molecular flexibility index (Phi) is 5.46. The predicted molar refractivity (Wildman–Crippen MR) is 98.4 cm³/mol. The van der Waals surface area contributed by atoms with E-state index in [9.17, 15) is 13.6 Å².